The van der Waals surface area contributed by atoms with Crippen molar-refractivity contribution in [1.82, 2.24) is 4.31 Å². The van der Waals surface area contributed by atoms with Crippen molar-refractivity contribution < 1.29 is 27.0 Å². The number of likely N-dealkylation sites (N-methyl/N-ethyl adjacent to an activating group) is 1. The molecule has 1 aliphatic heterocycles. The zero-order valence-corrected chi connectivity index (χ0v) is 11.1. The summed E-state index contributed by atoms with van der Waals surface area (Å²) in [5.74, 6) is 0.610. The van der Waals surface area contributed by atoms with Gasteiger partial charge in [0, 0.05) is 37.6 Å². The van der Waals surface area contributed by atoms with Gasteiger partial charge in [-0.3, -0.25) is 0 Å². The van der Waals surface area contributed by atoms with Crippen LogP contribution in [0.5, 0.6) is 0 Å². The standard InChI is InChI=1S/C7H11NO2S.C2H6.V/c1-2-8-4-6-3-7(6)5-11(8,9)10;1-2;/h3,7H,2,4-5H2,1H3;1-2H3;. The van der Waals surface area contributed by atoms with Crippen LogP contribution in [0.2, 0.25) is 0 Å². The van der Waals surface area contributed by atoms with Crippen molar-refractivity contribution in [3.05, 3.63) is 11.6 Å². The fourth-order valence-corrected chi connectivity index (χ4v) is 3.19. The number of allylic oxidation sites excluding steroid dienone is 1. The van der Waals surface area contributed by atoms with Gasteiger partial charge in [-0.25, -0.2) is 8.42 Å². The van der Waals surface area contributed by atoms with Crippen molar-refractivity contribution in [1.29, 1.82) is 0 Å². The first-order chi connectivity index (χ1) is 6.13. The van der Waals surface area contributed by atoms with Crippen LogP contribution in [0.25, 0.3) is 0 Å². The molecular weight excluding hydrogens is 237 g/mol. The normalized spacial score (nSPS) is 27.4. The number of hydrogen-bond acceptors (Lipinski definition) is 2. The minimum absolute atomic E-state index is 0. The largest absolute Gasteiger partial charge is 0.215 e. The van der Waals surface area contributed by atoms with E-state index >= 15 is 0 Å². The Bertz CT molecular complexity index is 311. The van der Waals surface area contributed by atoms with Crippen molar-refractivity contribution in [3.8, 4) is 0 Å². The van der Waals surface area contributed by atoms with Crippen LogP contribution >= 0.6 is 0 Å². The number of rotatable bonds is 1. The molecule has 1 unspecified atom stereocenters. The van der Waals surface area contributed by atoms with Crippen LogP contribution in [-0.2, 0) is 28.6 Å². The first-order valence-corrected chi connectivity index (χ1v) is 6.43. The molecule has 0 aromatic rings. The molecule has 81 valence electrons. The fraction of sp³-hybridized carbons (Fsp3) is 0.778. The second-order valence-electron chi connectivity index (χ2n) is 3.05. The molecular formula is C9H17NO2SV. The summed E-state index contributed by atoms with van der Waals surface area (Å²) in [5.41, 5.74) is 1.31. The van der Waals surface area contributed by atoms with Crippen molar-refractivity contribution in [2.24, 2.45) is 5.92 Å². The number of sulfonamides is 1. The zero-order valence-electron chi connectivity index (χ0n) is 8.90. The molecule has 0 N–H and O–H groups in total. The third kappa shape index (κ3) is 2.86. The van der Waals surface area contributed by atoms with Gasteiger partial charge in [-0.2, -0.15) is 4.31 Å². The summed E-state index contributed by atoms with van der Waals surface area (Å²) >= 11 is 0. The first kappa shape index (κ1) is 14.2. The summed E-state index contributed by atoms with van der Waals surface area (Å²) in [6, 6.07) is 0. The fourth-order valence-electron chi connectivity index (χ4n) is 1.48. The van der Waals surface area contributed by atoms with Gasteiger partial charge in [0.05, 0.1) is 5.75 Å². The number of fused-ring (bicyclic) bond motifs is 1. The van der Waals surface area contributed by atoms with Crippen LogP contribution in [0.1, 0.15) is 20.8 Å². The summed E-state index contributed by atoms with van der Waals surface area (Å²) in [5, 5.41) is 0. The molecule has 0 saturated carbocycles. The van der Waals surface area contributed by atoms with Gasteiger partial charge in [0.15, 0.2) is 0 Å². The van der Waals surface area contributed by atoms with Gasteiger partial charge in [0.25, 0.3) is 0 Å². The maximum atomic E-state index is 11.3. The zero-order chi connectivity index (χ0) is 10.1. The van der Waals surface area contributed by atoms with Gasteiger partial charge < -0.3 is 0 Å². The van der Waals surface area contributed by atoms with E-state index in [9.17, 15) is 8.42 Å². The average molecular weight is 254 g/mol. The molecule has 3 nitrogen and oxygen atoms in total. The minimum atomic E-state index is -2.90. The molecule has 1 aliphatic carbocycles. The van der Waals surface area contributed by atoms with Crippen molar-refractivity contribution in [3.63, 3.8) is 0 Å². The second-order valence-corrected chi connectivity index (χ2v) is 5.07. The Morgan fingerprint density at radius 2 is 2.07 bits per heavy atom. The van der Waals surface area contributed by atoms with Crippen LogP contribution in [0, 0.1) is 5.92 Å². The molecule has 2 aliphatic rings. The van der Waals surface area contributed by atoms with Crippen LogP contribution in [0.3, 0.4) is 0 Å². The minimum Gasteiger partial charge on any atom is -0.212 e. The molecule has 1 fully saturated rings. The summed E-state index contributed by atoms with van der Waals surface area (Å²) < 4.78 is 24.2. The van der Waals surface area contributed by atoms with Crippen molar-refractivity contribution >= 4 is 10.0 Å². The van der Waals surface area contributed by atoms with E-state index in [-0.39, 0.29) is 18.6 Å². The van der Waals surface area contributed by atoms with E-state index in [0.717, 1.165) is 0 Å². The van der Waals surface area contributed by atoms with Crippen LogP contribution in [0.4, 0.5) is 0 Å². The molecule has 0 amide bonds. The third-order valence-corrected chi connectivity index (χ3v) is 4.23. The predicted octanol–water partition coefficient (Wildman–Crippen LogP) is 1.23. The summed E-state index contributed by atoms with van der Waals surface area (Å²) in [7, 11) is -2.90. The summed E-state index contributed by atoms with van der Waals surface area (Å²) in [6.07, 6.45) is 2.05. The summed E-state index contributed by atoms with van der Waals surface area (Å²) in [6.45, 7) is 7.12. The Kier molecular flexibility index (Phi) is 5.44. The summed E-state index contributed by atoms with van der Waals surface area (Å²) in [4.78, 5) is 0. The smallest absolute Gasteiger partial charge is 0.212 e. The maximum absolute atomic E-state index is 11.3. The Labute approximate surface area is 98.5 Å². The number of hydrogen-bond donors (Lipinski definition) is 0. The predicted molar refractivity (Wildman–Crippen MR) is 54.0 cm³/mol. The molecule has 1 heterocycles. The third-order valence-electron chi connectivity index (χ3n) is 2.28. The number of nitrogens with zero attached hydrogens (tertiary/aromatic N) is 1. The van der Waals surface area contributed by atoms with E-state index in [1.807, 2.05) is 26.8 Å². The molecule has 1 saturated heterocycles. The quantitative estimate of drug-likeness (QED) is 0.660. The second kappa shape index (κ2) is 5.35. The molecule has 14 heavy (non-hydrogen) atoms. The van der Waals surface area contributed by atoms with Crippen LogP contribution < -0.4 is 0 Å². The van der Waals surface area contributed by atoms with E-state index in [4.69, 9.17) is 0 Å². The van der Waals surface area contributed by atoms with E-state index in [1.54, 1.807) is 4.31 Å². The Balaban J connectivity index is 0.000000531. The molecule has 1 radical (unpaired) electrons. The molecule has 0 aromatic carbocycles. The first-order valence-electron chi connectivity index (χ1n) is 4.82. The van der Waals surface area contributed by atoms with Gasteiger partial charge >= 0.3 is 0 Å². The Hall–Kier alpha value is 0.234. The van der Waals surface area contributed by atoms with Gasteiger partial charge in [0.2, 0.25) is 10.0 Å². The van der Waals surface area contributed by atoms with Crippen molar-refractivity contribution in [2.45, 2.75) is 20.8 Å². The van der Waals surface area contributed by atoms with E-state index in [1.165, 1.54) is 5.57 Å². The van der Waals surface area contributed by atoms with Crippen LogP contribution in [-0.4, -0.2) is 31.6 Å². The monoisotopic (exact) mass is 254 g/mol. The van der Waals surface area contributed by atoms with Gasteiger partial charge in [0.1, 0.15) is 0 Å². The average Bonchev–Trinajstić information content (AvgIpc) is 2.82. The molecule has 2 rings (SSSR count). The molecule has 5 heteroatoms. The topological polar surface area (TPSA) is 37.4 Å². The Morgan fingerprint density at radius 1 is 1.50 bits per heavy atom. The van der Waals surface area contributed by atoms with E-state index < -0.39 is 10.0 Å². The van der Waals surface area contributed by atoms with Gasteiger partial charge in [-0.1, -0.05) is 32.4 Å². The van der Waals surface area contributed by atoms with Gasteiger partial charge in [-0.15, -0.1) is 0 Å². The molecule has 0 aromatic heterocycles. The molecule has 0 spiro atoms. The molecule has 1 atom stereocenters. The molecule has 0 bridgehead atoms. The SMILES string of the molecule is CC.CCN1CC2=CC2CS1(=O)=O.[V]. The van der Waals surface area contributed by atoms with Crippen molar-refractivity contribution in [2.75, 3.05) is 18.8 Å². The van der Waals surface area contributed by atoms with Crippen LogP contribution in [0.15, 0.2) is 11.6 Å². The maximum Gasteiger partial charge on any atom is 0.215 e. The van der Waals surface area contributed by atoms with E-state index in [2.05, 4.69) is 0 Å². The van der Waals surface area contributed by atoms with Gasteiger partial charge in [-0.05, 0) is 0 Å². The Morgan fingerprint density at radius 3 is 2.57 bits per heavy atom. The van der Waals surface area contributed by atoms with E-state index in [0.29, 0.717) is 24.8 Å².